The SMILES string of the molecule is CC(C)CN(CCC(=O)O)C(=O)c1cnn(-c2ccccc2)n1. The van der Waals surface area contributed by atoms with Crippen LogP contribution in [0.5, 0.6) is 0 Å². The van der Waals surface area contributed by atoms with E-state index < -0.39 is 5.97 Å². The molecule has 2 rings (SSSR count). The van der Waals surface area contributed by atoms with Crippen molar-refractivity contribution in [1.29, 1.82) is 0 Å². The molecule has 23 heavy (non-hydrogen) atoms. The van der Waals surface area contributed by atoms with Gasteiger partial charge in [-0.25, -0.2) is 0 Å². The van der Waals surface area contributed by atoms with Crippen LogP contribution in [-0.4, -0.2) is 50.0 Å². The highest BCUT2D eigenvalue weighted by molar-refractivity contribution is 5.92. The van der Waals surface area contributed by atoms with Crippen molar-refractivity contribution in [3.8, 4) is 5.69 Å². The maximum Gasteiger partial charge on any atom is 0.305 e. The summed E-state index contributed by atoms with van der Waals surface area (Å²) in [4.78, 5) is 26.2. The zero-order chi connectivity index (χ0) is 16.8. The van der Waals surface area contributed by atoms with Crippen molar-refractivity contribution in [1.82, 2.24) is 19.9 Å². The minimum absolute atomic E-state index is 0.0920. The molecular weight excluding hydrogens is 296 g/mol. The van der Waals surface area contributed by atoms with Crippen LogP contribution >= 0.6 is 0 Å². The molecule has 0 atom stereocenters. The van der Waals surface area contributed by atoms with Crippen LogP contribution in [0.25, 0.3) is 5.69 Å². The summed E-state index contributed by atoms with van der Waals surface area (Å²) in [6.07, 6.45) is 1.31. The molecule has 0 aliphatic carbocycles. The maximum absolute atomic E-state index is 12.6. The summed E-state index contributed by atoms with van der Waals surface area (Å²) in [7, 11) is 0. The number of rotatable bonds is 7. The first kappa shape index (κ1) is 16.7. The molecule has 0 bridgehead atoms. The highest BCUT2D eigenvalue weighted by Crippen LogP contribution is 2.09. The second kappa shape index (κ2) is 7.53. The summed E-state index contributed by atoms with van der Waals surface area (Å²) in [5.74, 6) is -1.00. The number of benzene rings is 1. The maximum atomic E-state index is 12.6. The lowest BCUT2D eigenvalue weighted by Crippen LogP contribution is -2.36. The Morgan fingerprint density at radius 2 is 1.96 bits per heavy atom. The predicted octanol–water partition coefficient (Wildman–Crippen LogP) is 1.84. The van der Waals surface area contributed by atoms with Crippen LogP contribution in [0.4, 0.5) is 0 Å². The van der Waals surface area contributed by atoms with Gasteiger partial charge < -0.3 is 10.0 Å². The summed E-state index contributed by atoms with van der Waals surface area (Å²) >= 11 is 0. The van der Waals surface area contributed by atoms with Crippen molar-refractivity contribution < 1.29 is 14.7 Å². The molecule has 0 radical (unpaired) electrons. The molecule has 0 unspecified atom stereocenters. The lowest BCUT2D eigenvalue weighted by atomic mass is 10.2. The fourth-order valence-electron chi connectivity index (χ4n) is 2.16. The minimum atomic E-state index is -0.931. The van der Waals surface area contributed by atoms with Crippen molar-refractivity contribution in [2.45, 2.75) is 20.3 Å². The second-order valence-electron chi connectivity index (χ2n) is 5.64. The van der Waals surface area contributed by atoms with Gasteiger partial charge in [0, 0.05) is 13.1 Å². The molecule has 0 aliphatic heterocycles. The third kappa shape index (κ3) is 4.64. The van der Waals surface area contributed by atoms with Crippen LogP contribution in [0.1, 0.15) is 30.8 Å². The predicted molar refractivity (Wildman–Crippen MR) is 84.4 cm³/mol. The molecule has 0 saturated carbocycles. The molecule has 1 aromatic carbocycles. The molecule has 0 fully saturated rings. The molecule has 122 valence electrons. The van der Waals surface area contributed by atoms with E-state index in [1.165, 1.54) is 15.9 Å². The fourth-order valence-corrected chi connectivity index (χ4v) is 2.16. The van der Waals surface area contributed by atoms with Crippen molar-refractivity contribution in [3.05, 3.63) is 42.2 Å². The quantitative estimate of drug-likeness (QED) is 0.842. The largest absolute Gasteiger partial charge is 0.481 e. The van der Waals surface area contributed by atoms with Crippen LogP contribution in [0.2, 0.25) is 0 Å². The van der Waals surface area contributed by atoms with Crippen LogP contribution in [-0.2, 0) is 4.79 Å². The fraction of sp³-hybridized carbons (Fsp3) is 0.375. The number of carbonyl (C=O) groups excluding carboxylic acids is 1. The van der Waals surface area contributed by atoms with Gasteiger partial charge in [-0.2, -0.15) is 9.90 Å². The number of aromatic nitrogens is 3. The van der Waals surface area contributed by atoms with E-state index in [-0.39, 0.29) is 30.5 Å². The number of hydrogen-bond acceptors (Lipinski definition) is 4. The van der Waals surface area contributed by atoms with Gasteiger partial charge in [-0.3, -0.25) is 9.59 Å². The van der Waals surface area contributed by atoms with Crippen molar-refractivity contribution >= 4 is 11.9 Å². The van der Waals surface area contributed by atoms with Gasteiger partial charge in [-0.15, -0.1) is 5.10 Å². The molecule has 7 heteroatoms. The van der Waals surface area contributed by atoms with E-state index in [9.17, 15) is 9.59 Å². The van der Waals surface area contributed by atoms with E-state index in [1.54, 1.807) is 0 Å². The van der Waals surface area contributed by atoms with Crippen LogP contribution in [0.3, 0.4) is 0 Å². The first-order valence-electron chi connectivity index (χ1n) is 7.46. The Morgan fingerprint density at radius 1 is 1.26 bits per heavy atom. The molecule has 1 N–H and O–H groups in total. The average molecular weight is 316 g/mol. The Morgan fingerprint density at radius 3 is 2.57 bits per heavy atom. The Labute approximate surface area is 134 Å². The molecule has 2 aromatic rings. The Bertz CT molecular complexity index is 667. The molecule has 1 heterocycles. The topological polar surface area (TPSA) is 88.3 Å². The molecule has 0 saturated heterocycles. The third-order valence-electron chi connectivity index (χ3n) is 3.17. The van der Waals surface area contributed by atoms with Crippen LogP contribution < -0.4 is 0 Å². The summed E-state index contributed by atoms with van der Waals surface area (Å²) in [6, 6.07) is 9.28. The van der Waals surface area contributed by atoms with E-state index in [0.29, 0.717) is 6.54 Å². The van der Waals surface area contributed by atoms with Gasteiger partial charge in [0.25, 0.3) is 5.91 Å². The Kier molecular flexibility index (Phi) is 5.46. The van der Waals surface area contributed by atoms with Gasteiger partial charge in [-0.1, -0.05) is 32.0 Å². The highest BCUT2D eigenvalue weighted by atomic mass is 16.4. The number of carbonyl (C=O) groups is 2. The smallest absolute Gasteiger partial charge is 0.305 e. The van der Waals surface area contributed by atoms with Gasteiger partial charge in [-0.05, 0) is 18.1 Å². The average Bonchev–Trinajstić information content (AvgIpc) is 3.01. The summed E-state index contributed by atoms with van der Waals surface area (Å²) in [5.41, 5.74) is 0.965. The number of carboxylic acids is 1. The van der Waals surface area contributed by atoms with Crippen LogP contribution in [0.15, 0.2) is 36.5 Å². The molecular formula is C16H20N4O3. The van der Waals surface area contributed by atoms with Crippen molar-refractivity contribution in [2.75, 3.05) is 13.1 Å². The standard InChI is InChI=1S/C16H20N4O3/c1-12(2)11-19(9-8-15(21)22)16(23)14-10-17-20(18-14)13-6-4-3-5-7-13/h3-7,10,12H,8-9,11H2,1-2H3,(H,21,22). The first-order valence-corrected chi connectivity index (χ1v) is 7.46. The number of amides is 1. The van der Waals surface area contributed by atoms with E-state index in [4.69, 9.17) is 5.11 Å². The number of para-hydroxylation sites is 1. The Hall–Kier alpha value is -2.70. The molecule has 0 spiro atoms. The molecule has 7 nitrogen and oxygen atoms in total. The van der Waals surface area contributed by atoms with E-state index in [1.807, 2.05) is 44.2 Å². The number of carboxylic acid groups (broad SMARTS) is 1. The molecule has 0 aliphatic rings. The number of aliphatic carboxylic acids is 1. The second-order valence-corrected chi connectivity index (χ2v) is 5.64. The third-order valence-corrected chi connectivity index (χ3v) is 3.17. The van der Waals surface area contributed by atoms with Crippen molar-refractivity contribution in [3.63, 3.8) is 0 Å². The van der Waals surface area contributed by atoms with Gasteiger partial charge in [0.2, 0.25) is 0 Å². The number of hydrogen-bond donors (Lipinski definition) is 1. The van der Waals surface area contributed by atoms with Gasteiger partial charge in [0.1, 0.15) is 0 Å². The van der Waals surface area contributed by atoms with Crippen LogP contribution in [0, 0.1) is 5.92 Å². The summed E-state index contributed by atoms with van der Waals surface area (Å²) < 4.78 is 0. The number of nitrogens with zero attached hydrogens (tertiary/aromatic N) is 4. The minimum Gasteiger partial charge on any atom is -0.481 e. The van der Waals surface area contributed by atoms with Gasteiger partial charge in [0.15, 0.2) is 5.69 Å². The van der Waals surface area contributed by atoms with Gasteiger partial charge >= 0.3 is 5.97 Å². The summed E-state index contributed by atoms with van der Waals surface area (Å²) in [5, 5.41) is 17.1. The Balaban J connectivity index is 2.16. The normalized spacial score (nSPS) is 10.7. The lowest BCUT2D eigenvalue weighted by molar-refractivity contribution is -0.137. The van der Waals surface area contributed by atoms with E-state index in [0.717, 1.165) is 5.69 Å². The van der Waals surface area contributed by atoms with Gasteiger partial charge in [0.05, 0.1) is 18.3 Å². The molecule has 1 aromatic heterocycles. The summed E-state index contributed by atoms with van der Waals surface area (Å²) in [6.45, 7) is 4.58. The van der Waals surface area contributed by atoms with E-state index in [2.05, 4.69) is 10.2 Å². The zero-order valence-electron chi connectivity index (χ0n) is 13.2. The monoisotopic (exact) mass is 316 g/mol. The zero-order valence-corrected chi connectivity index (χ0v) is 13.2. The lowest BCUT2D eigenvalue weighted by Gasteiger charge is -2.22. The highest BCUT2D eigenvalue weighted by Gasteiger charge is 2.21. The first-order chi connectivity index (χ1) is 11.0. The molecule has 1 amide bonds. The van der Waals surface area contributed by atoms with Crippen molar-refractivity contribution in [2.24, 2.45) is 5.92 Å². The van der Waals surface area contributed by atoms with E-state index >= 15 is 0 Å².